The van der Waals surface area contributed by atoms with Gasteiger partial charge in [0.25, 0.3) is 0 Å². The van der Waals surface area contributed by atoms with Gasteiger partial charge in [-0.1, -0.05) is 20.8 Å². The van der Waals surface area contributed by atoms with Crippen molar-refractivity contribution in [3.8, 4) is 0 Å². The zero-order chi connectivity index (χ0) is 13.8. The number of hydrogen-bond donors (Lipinski definition) is 2. The lowest BCUT2D eigenvalue weighted by Gasteiger charge is -2.56. The molecule has 2 rings (SSSR count). The van der Waals surface area contributed by atoms with E-state index in [0.717, 1.165) is 5.92 Å². The van der Waals surface area contributed by atoms with Crippen LogP contribution in [-0.4, -0.2) is 42.8 Å². The van der Waals surface area contributed by atoms with Gasteiger partial charge in [-0.25, -0.2) is 0 Å². The largest absolute Gasteiger partial charge is 0.396 e. The number of rotatable bonds is 4. The Kier molecular flexibility index (Phi) is 3.33. The molecule has 0 heterocycles. The molecule has 0 saturated heterocycles. The maximum absolute atomic E-state index is 9.81. The van der Waals surface area contributed by atoms with Crippen LogP contribution in [0.25, 0.3) is 0 Å². The molecule has 2 bridgehead atoms. The molecule has 0 amide bonds. The van der Waals surface area contributed by atoms with E-state index in [2.05, 4.69) is 39.8 Å². The SMILES string of the molecule is CN(C)C1(C(CN)CO)CC2CCC1(C)C2(C)C. The predicted molar refractivity (Wildman–Crippen MR) is 75.3 cm³/mol. The Balaban J connectivity index is 2.52. The van der Waals surface area contributed by atoms with Gasteiger partial charge < -0.3 is 15.7 Å². The molecule has 4 unspecified atom stereocenters. The van der Waals surface area contributed by atoms with Crippen molar-refractivity contribution in [2.45, 2.75) is 45.6 Å². The Morgan fingerprint density at radius 1 is 1.33 bits per heavy atom. The van der Waals surface area contributed by atoms with Gasteiger partial charge in [0.05, 0.1) is 0 Å². The van der Waals surface area contributed by atoms with Gasteiger partial charge in [-0.15, -0.1) is 0 Å². The first kappa shape index (κ1) is 14.3. The number of nitrogens with zero attached hydrogens (tertiary/aromatic N) is 1. The van der Waals surface area contributed by atoms with Crippen molar-refractivity contribution in [2.75, 3.05) is 27.2 Å². The van der Waals surface area contributed by atoms with Gasteiger partial charge >= 0.3 is 0 Å². The lowest BCUT2D eigenvalue weighted by Crippen LogP contribution is -2.63. The molecule has 0 aromatic carbocycles. The lowest BCUT2D eigenvalue weighted by molar-refractivity contribution is -0.0723. The molecular formula is C15H30N2O. The van der Waals surface area contributed by atoms with E-state index in [1.54, 1.807) is 0 Å². The van der Waals surface area contributed by atoms with Gasteiger partial charge in [0, 0.05) is 18.1 Å². The van der Waals surface area contributed by atoms with Gasteiger partial charge in [-0.3, -0.25) is 0 Å². The summed E-state index contributed by atoms with van der Waals surface area (Å²) in [6, 6.07) is 0. The molecule has 0 spiro atoms. The molecule has 4 atom stereocenters. The summed E-state index contributed by atoms with van der Waals surface area (Å²) in [4.78, 5) is 2.36. The Morgan fingerprint density at radius 3 is 2.22 bits per heavy atom. The lowest BCUT2D eigenvalue weighted by atomic mass is 9.58. The van der Waals surface area contributed by atoms with Crippen LogP contribution in [-0.2, 0) is 0 Å². The fourth-order valence-electron chi connectivity index (χ4n) is 5.41. The minimum absolute atomic E-state index is 0.0584. The maximum atomic E-state index is 9.81. The number of hydrogen-bond acceptors (Lipinski definition) is 3. The van der Waals surface area contributed by atoms with Gasteiger partial charge in [0.1, 0.15) is 0 Å². The number of aliphatic hydroxyl groups excluding tert-OH is 1. The van der Waals surface area contributed by atoms with E-state index in [1.165, 1.54) is 19.3 Å². The average molecular weight is 254 g/mol. The molecule has 3 heteroatoms. The summed E-state index contributed by atoms with van der Waals surface area (Å²) in [6.45, 7) is 8.04. The van der Waals surface area contributed by atoms with E-state index in [-0.39, 0.29) is 23.5 Å². The van der Waals surface area contributed by atoms with Crippen molar-refractivity contribution in [3.05, 3.63) is 0 Å². The van der Waals surface area contributed by atoms with E-state index < -0.39 is 0 Å². The Morgan fingerprint density at radius 2 is 1.94 bits per heavy atom. The average Bonchev–Trinajstić information content (AvgIpc) is 2.62. The van der Waals surface area contributed by atoms with E-state index >= 15 is 0 Å². The first-order chi connectivity index (χ1) is 8.28. The summed E-state index contributed by atoms with van der Waals surface area (Å²) in [5.41, 5.74) is 6.64. The summed E-state index contributed by atoms with van der Waals surface area (Å²) in [6.07, 6.45) is 3.78. The van der Waals surface area contributed by atoms with Crippen LogP contribution >= 0.6 is 0 Å². The third kappa shape index (κ3) is 1.36. The minimum atomic E-state index is 0.0584. The fraction of sp³-hybridized carbons (Fsp3) is 1.00. The second kappa shape index (κ2) is 4.19. The van der Waals surface area contributed by atoms with Crippen molar-refractivity contribution in [2.24, 2.45) is 28.4 Å². The van der Waals surface area contributed by atoms with E-state index in [4.69, 9.17) is 5.73 Å². The van der Waals surface area contributed by atoms with Gasteiger partial charge in [-0.2, -0.15) is 0 Å². The predicted octanol–water partition coefficient (Wildman–Crippen LogP) is 1.70. The summed E-state index contributed by atoms with van der Waals surface area (Å²) in [5, 5.41) is 9.81. The second-order valence-corrected chi connectivity index (χ2v) is 7.43. The molecule has 18 heavy (non-hydrogen) atoms. The molecule has 2 aliphatic rings. The monoisotopic (exact) mass is 254 g/mol. The highest BCUT2D eigenvalue weighted by Gasteiger charge is 2.70. The number of aliphatic hydroxyl groups is 1. The molecule has 106 valence electrons. The van der Waals surface area contributed by atoms with E-state index in [1.807, 2.05) is 0 Å². The highest BCUT2D eigenvalue weighted by molar-refractivity contribution is 5.23. The van der Waals surface area contributed by atoms with Crippen LogP contribution in [0.2, 0.25) is 0 Å². The molecule has 2 fully saturated rings. The molecule has 0 radical (unpaired) electrons. The third-order valence-corrected chi connectivity index (χ3v) is 6.93. The quantitative estimate of drug-likeness (QED) is 0.803. The number of fused-ring (bicyclic) bond motifs is 2. The van der Waals surface area contributed by atoms with Crippen LogP contribution in [0.3, 0.4) is 0 Å². The van der Waals surface area contributed by atoms with Crippen LogP contribution in [0.15, 0.2) is 0 Å². The van der Waals surface area contributed by atoms with E-state index in [0.29, 0.717) is 12.0 Å². The van der Waals surface area contributed by atoms with Crippen LogP contribution in [0, 0.1) is 22.7 Å². The highest BCUT2D eigenvalue weighted by Crippen LogP contribution is 2.72. The van der Waals surface area contributed by atoms with Crippen LogP contribution < -0.4 is 5.73 Å². The topological polar surface area (TPSA) is 49.5 Å². The molecule has 0 aromatic heterocycles. The highest BCUT2D eigenvalue weighted by atomic mass is 16.3. The Labute approximate surface area is 112 Å². The van der Waals surface area contributed by atoms with Gasteiger partial charge in [0.15, 0.2) is 0 Å². The second-order valence-electron chi connectivity index (χ2n) is 7.43. The van der Waals surface area contributed by atoms with Crippen molar-refractivity contribution < 1.29 is 5.11 Å². The van der Waals surface area contributed by atoms with Crippen LogP contribution in [0.5, 0.6) is 0 Å². The first-order valence-corrected chi connectivity index (χ1v) is 7.26. The zero-order valence-corrected chi connectivity index (χ0v) is 12.7. The smallest absolute Gasteiger partial charge is 0.0489 e. The molecule has 3 nitrogen and oxygen atoms in total. The van der Waals surface area contributed by atoms with Crippen molar-refractivity contribution in [1.82, 2.24) is 4.90 Å². The van der Waals surface area contributed by atoms with Gasteiger partial charge in [-0.05, 0) is 56.7 Å². The van der Waals surface area contributed by atoms with Crippen molar-refractivity contribution >= 4 is 0 Å². The maximum Gasteiger partial charge on any atom is 0.0489 e. The van der Waals surface area contributed by atoms with Crippen LogP contribution in [0.4, 0.5) is 0 Å². The summed E-state index contributed by atoms with van der Waals surface area (Å²) in [5.74, 6) is 0.951. The fourth-order valence-corrected chi connectivity index (χ4v) is 5.41. The molecule has 2 saturated carbocycles. The number of nitrogens with two attached hydrogens (primary N) is 1. The van der Waals surface area contributed by atoms with E-state index in [9.17, 15) is 5.11 Å². The summed E-state index contributed by atoms with van der Waals surface area (Å²) >= 11 is 0. The standard InChI is InChI=1S/C15H30N2O/c1-13(2)11-6-7-14(13,3)15(8-11,17(4)5)12(9-16)10-18/h11-12,18H,6-10,16H2,1-5H3. The summed E-state index contributed by atoms with van der Waals surface area (Å²) in [7, 11) is 4.33. The van der Waals surface area contributed by atoms with Gasteiger partial charge in [0.2, 0.25) is 0 Å². The zero-order valence-electron chi connectivity index (χ0n) is 12.7. The molecule has 2 aliphatic carbocycles. The normalized spacial score (nSPS) is 43.7. The van der Waals surface area contributed by atoms with Crippen molar-refractivity contribution in [1.29, 1.82) is 0 Å². The molecular weight excluding hydrogens is 224 g/mol. The molecule has 0 aromatic rings. The Bertz CT molecular complexity index is 324. The summed E-state index contributed by atoms with van der Waals surface area (Å²) < 4.78 is 0. The van der Waals surface area contributed by atoms with Crippen molar-refractivity contribution in [3.63, 3.8) is 0 Å². The molecule has 3 N–H and O–H groups in total. The van der Waals surface area contributed by atoms with Crippen LogP contribution in [0.1, 0.15) is 40.0 Å². The first-order valence-electron chi connectivity index (χ1n) is 7.26. The minimum Gasteiger partial charge on any atom is -0.396 e. The third-order valence-electron chi connectivity index (χ3n) is 6.93. The molecule has 0 aliphatic heterocycles. The Hall–Kier alpha value is -0.120.